The van der Waals surface area contributed by atoms with E-state index in [1.165, 1.54) is 6.07 Å². The summed E-state index contributed by atoms with van der Waals surface area (Å²) in [4.78, 5) is 4.03. The summed E-state index contributed by atoms with van der Waals surface area (Å²) >= 11 is 5.63. The Morgan fingerprint density at radius 2 is 1.95 bits per heavy atom. The summed E-state index contributed by atoms with van der Waals surface area (Å²) in [6.45, 7) is 1.22. The van der Waals surface area contributed by atoms with Crippen molar-refractivity contribution in [3.63, 3.8) is 0 Å². The van der Waals surface area contributed by atoms with Crippen LogP contribution >= 0.6 is 11.6 Å². The zero-order valence-electron chi connectivity index (χ0n) is 10.5. The SMILES string of the molecule is COc1cc(CNCc2ccc(Cl)c(F)c2)ccn1. The molecule has 2 aromatic rings. The number of halogens is 2. The lowest BCUT2D eigenvalue weighted by Crippen LogP contribution is -2.13. The van der Waals surface area contributed by atoms with E-state index in [0.717, 1.165) is 11.1 Å². The van der Waals surface area contributed by atoms with E-state index in [4.69, 9.17) is 16.3 Å². The van der Waals surface area contributed by atoms with Gasteiger partial charge in [-0.2, -0.15) is 0 Å². The van der Waals surface area contributed by atoms with Gasteiger partial charge in [0, 0.05) is 25.4 Å². The fraction of sp³-hybridized carbons (Fsp3) is 0.214. The summed E-state index contributed by atoms with van der Waals surface area (Å²) in [5, 5.41) is 3.36. The van der Waals surface area contributed by atoms with Gasteiger partial charge in [0.25, 0.3) is 0 Å². The average molecular weight is 281 g/mol. The molecule has 0 atom stereocenters. The summed E-state index contributed by atoms with van der Waals surface area (Å²) in [5.74, 6) is 0.184. The summed E-state index contributed by atoms with van der Waals surface area (Å²) in [6, 6.07) is 8.55. The highest BCUT2D eigenvalue weighted by Gasteiger charge is 2.01. The molecule has 5 heteroatoms. The molecule has 1 heterocycles. The first kappa shape index (κ1) is 13.8. The first-order chi connectivity index (χ1) is 9.19. The number of nitrogens with one attached hydrogen (secondary N) is 1. The van der Waals surface area contributed by atoms with Crippen molar-refractivity contribution >= 4 is 11.6 Å². The molecule has 0 aliphatic heterocycles. The highest BCUT2D eigenvalue weighted by atomic mass is 35.5. The van der Waals surface area contributed by atoms with Crippen LogP contribution in [0, 0.1) is 5.82 Å². The van der Waals surface area contributed by atoms with Gasteiger partial charge in [-0.3, -0.25) is 0 Å². The number of ether oxygens (including phenoxy) is 1. The molecule has 0 fully saturated rings. The van der Waals surface area contributed by atoms with Crippen LogP contribution in [0.4, 0.5) is 4.39 Å². The van der Waals surface area contributed by atoms with Crippen LogP contribution in [0.1, 0.15) is 11.1 Å². The molecule has 0 saturated heterocycles. The highest BCUT2D eigenvalue weighted by molar-refractivity contribution is 6.30. The van der Waals surface area contributed by atoms with Gasteiger partial charge in [0.1, 0.15) is 5.82 Å². The molecule has 0 unspecified atom stereocenters. The average Bonchev–Trinajstić information content (AvgIpc) is 2.43. The van der Waals surface area contributed by atoms with Crippen LogP contribution in [0.15, 0.2) is 36.5 Å². The van der Waals surface area contributed by atoms with Crippen molar-refractivity contribution in [1.29, 1.82) is 0 Å². The fourth-order valence-corrected chi connectivity index (χ4v) is 1.79. The molecular formula is C14H14ClFN2O. The fourth-order valence-electron chi connectivity index (χ4n) is 1.67. The maximum Gasteiger partial charge on any atom is 0.213 e. The van der Waals surface area contributed by atoms with E-state index in [-0.39, 0.29) is 5.02 Å². The summed E-state index contributed by atoms with van der Waals surface area (Å²) in [7, 11) is 1.58. The van der Waals surface area contributed by atoms with Crippen LogP contribution in [0.2, 0.25) is 5.02 Å². The van der Waals surface area contributed by atoms with Gasteiger partial charge < -0.3 is 10.1 Å². The first-order valence-electron chi connectivity index (χ1n) is 5.82. The van der Waals surface area contributed by atoms with E-state index in [0.29, 0.717) is 19.0 Å². The lowest BCUT2D eigenvalue weighted by atomic mass is 10.2. The van der Waals surface area contributed by atoms with Crippen LogP contribution in [-0.2, 0) is 13.1 Å². The zero-order valence-corrected chi connectivity index (χ0v) is 11.2. The minimum absolute atomic E-state index is 0.141. The van der Waals surface area contributed by atoms with Crippen LogP contribution in [0.25, 0.3) is 0 Å². The van der Waals surface area contributed by atoms with Crippen molar-refractivity contribution in [2.75, 3.05) is 7.11 Å². The summed E-state index contributed by atoms with van der Waals surface area (Å²) in [5.41, 5.74) is 1.91. The molecule has 2 rings (SSSR count). The predicted molar refractivity (Wildman–Crippen MR) is 72.7 cm³/mol. The Labute approximate surface area is 116 Å². The smallest absolute Gasteiger partial charge is 0.213 e. The van der Waals surface area contributed by atoms with Crippen molar-refractivity contribution in [1.82, 2.24) is 10.3 Å². The number of nitrogens with zero attached hydrogens (tertiary/aromatic N) is 1. The van der Waals surface area contributed by atoms with Crippen LogP contribution in [-0.4, -0.2) is 12.1 Å². The normalized spacial score (nSPS) is 10.5. The molecule has 0 spiro atoms. The topological polar surface area (TPSA) is 34.1 Å². The molecule has 1 aromatic heterocycles. The van der Waals surface area contributed by atoms with Crippen LogP contribution in [0.5, 0.6) is 5.88 Å². The number of hydrogen-bond donors (Lipinski definition) is 1. The second-order valence-electron chi connectivity index (χ2n) is 4.06. The van der Waals surface area contributed by atoms with Crippen molar-refractivity contribution in [3.05, 3.63) is 58.5 Å². The Morgan fingerprint density at radius 1 is 1.21 bits per heavy atom. The van der Waals surface area contributed by atoms with E-state index in [2.05, 4.69) is 10.3 Å². The molecule has 0 amide bonds. The lowest BCUT2D eigenvalue weighted by Gasteiger charge is -2.07. The monoisotopic (exact) mass is 280 g/mol. The minimum Gasteiger partial charge on any atom is -0.481 e. The highest BCUT2D eigenvalue weighted by Crippen LogP contribution is 2.15. The summed E-state index contributed by atoms with van der Waals surface area (Å²) < 4.78 is 18.3. The van der Waals surface area contributed by atoms with Crippen LogP contribution in [0.3, 0.4) is 0 Å². The Morgan fingerprint density at radius 3 is 2.63 bits per heavy atom. The van der Waals surface area contributed by atoms with E-state index in [9.17, 15) is 4.39 Å². The number of benzene rings is 1. The minimum atomic E-state index is -0.397. The molecular weight excluding hydrogens is 267 g/mol. The molecule has 0 bridgehead atoms. The number of pyridine rings is 1. The van der Waals surface area contributed by atoms with Crippen molar-refractivity contribution in [2.24, 2.45) is 0 Å². The third-order valence-electron chi connectivity index (χ3n) is 2.65. The van der Waals surface area contributed by atoms with E-state index in [1.807, 2.05) is 12.1 Å². The molecule has 100 valence electrons. The number of rotatable bonds is 5. The molecule has 0 aliphatic rings. The van der Waals surface area contributed by atoms with Gasteiger partial charge in [0.2, 0.25) is 5.88 Å². The first-order valence-corrected chi connectivity index (χ1v) is 6.20. The number of hydrogen-bond acceptors (Lipinski definition) is 3. The Balaban J connectivity index is 1.90. The Kier molecular flexibility index (Phi) is 4.71. The third-order valence-corrected chi connectivity index (χ3v) is 2.96. The predicted octanol–water partition coefficient (Wildman–Crippen LogP) is 3.17. The van der Waals surface area contributed by atoms with Gasteiger partial charge in [0.15, 0.2) is 0 Å². The molecule has 0 aliphatic carbocycles. The molecule has 19 heavy (non-hydrogen) atoms. The second kappa shape index (κ2) is 6.50. The lowest BCUT2D eigenvalue weighted by molar-refractivity contribution is 0.397. The van der Waals surface area contributed by atoms with E-state index < -0.39 is 5.82 Å². The molecule has 0 radical (unpaired) electrons. The van der Waals surface area contributed by atoms with Crippen molar-refractivity contribution in [3.8, 4) is 5.88 Å². The largest absolute Gasteiger partial charge is 0.481 e. The van der Waals surface area contributed by atoms with Gasteiger partial charge in [0.05, 0.1) is 12.1 Å². The molecule has 0 saturated carbocycles. The zero-order chi connectivity index (χ0) is 13.7. The number of aromatic nitrogens is 1. The molecule has 1 N–H and O–H groups in total. The van der Waals surface area contributed by atoms with Gasteiger partial charge in [-0.15, -0.1) is 0 Å². The Hall–Kier alpha value is -1.65. The van der Waals surface area contributed by atoms with Gasteiger partial charge in [-0.25, -0.2) is 9.37 Å². The van der Waals surface area contributed by atoms with E-state index >= 15 is 0 Å². The maximum atomic E-state index is 13.2. The summed E-state index contributed by atoms with van der Waals surface area (Å²) in [6.07, 6.45) is 1.69. The maximum absolute atomic E-state index is 13.2. The second-order valence-corrected chi connectivity index (χ2v) is 4.47. The van der Waals surface area contributed by atoms with Gasteiger partial charge in [-0.05, 0) is 29.3 Å². The van der Waals surface area contributed by atoms with Crippen molar-refractivity contribution < 1.29 is 9.13 Å². The van der Waals surface area contributed by atoms with E-state index in [1.54, 1.807) is 25.4 Å². The van der Waals surface area contributed by atoms with Gasteiger partial charge >= 0.3 is 0 Å². The third kappa shape index (κ3) is 3.91. The standard InChI is InChI=1S/C14H14ClFN2O/c1-19-14-7-11(4-5-18-14)9-17-8-10-2-3-12(15)13(16)6-10/h2-7,17H,8-9H2,1H3. The Bertz CT molecular complexity index is 563. The van der Waals surface area contributed by atoms with Crippen LogP contribution < -0.4 is 10.1 Å². The van der Waals surface area contributed by atoms with Crippen molar-refractivity contribution in [2.45, 2.75) is 13.1 Å². The molecule has 1 aromatic carbocycles. The molecule has 3 nitrogen and oxygen atoms in total. The number of methoxy groups -OCH3 is 1. The van der Waals surface area contributed by atoms with Gasteiger partial charge in [-0.1, -0.05) is 17.7 Å². The quantitative estimate of drug-likeness (QED) is 0.913.